The largest absolute Gasteiger partial charge is 0.352 e. The zero-order valence-corrected chi connectivity index (χ0v) is 15.9. The molecule has 1 aliphatic heterocycles. The highest BCUT2D eigenvalue weighted by Crippen LogP contribution is 2.29. The average molecular weight is 366 g/mol. The first-order valence-electron chi connectivity index (χ1n) is 9.56. The van der Waals surface area contributed by atoms with E-state index in [4.69, 9.17) is 0 Å². The maximum absolute atomic E-state index is 12.6. The Morgan fingerprint density at radius 3 is 2.56 bits per heavy atom. The van der Waals surface area contributed by atoms with Crippen molar-refractivity contribution in [3.63, 3.8) is 0 Å². The minimum Gasteiger partial charge on any atom is -0.352 e. The minimum absolute atomic E-state index is 0.0637. The van der Waals surface area contributed by atoms with Gasteiger partial charge in [0.25, 0.3) is 11.8 Å². The fraction of sp³-hybridized carbons (Fsp3) is 0.429. The van der Waals surface area contributed by atoms with Crippen LogP contribution in [0.1, 0.15) is 64.3 Å². The van der Waals surface area contributed by atoms with Gasteiger partial charge in [0.15, 0.2) is 0 Å². The number of nitrogens with one attached hydrogen (secondary N) is 1. The number of rotatable bonds is 5. The van der Waals surface area contributed by atoms with Crippen LogP contribution < -0.4 is 5.32 Å². The van der Waals surface area contributed by atoms with Crippen molar-refractivity contribution in [3.05, 3.63) is 59.2 Å². The standard InChI is InChI=1S/C21H26N4O2/c1-3-11-22-20(26)18-14-23-15(2)24-19(18)16-9-12-25(13-10-16)21(27)17-7-5-4-6-8-17/h4-8,14,16H,3,9-13H2,1-2H3,(H,22,26). The van der Waals surface area contributed by atoms with Crippen LogP contribution in [-0.4, -0.2) is 46.3 Å². The molecule has 6 nitrogen and oxygen atoms in total. The molecular formula is C21H26N4O2. The van der Waals surface area contributed by atoms with E-state index in [1.165, 1.54) is 0 Å². The first-order valence-corrected chi connectivity index (χ1v) is 9.56. The summed E-state index contributed by atoms with van der Waals surface area (Å²) in [5.74, 6) is 0.775. The summed E-state index contributed by atoms with van der Waals surface area (Å²) in [6, 6.07) is 9.36. The predicted molar refractivity (Wildman–Crippen MR) is 104 cm³/mol. The third-order valence-corrected chi connectivity index (χ3v) is 4.91. The molecular weight excluding hydrogens is 340 g/mol. The molecule has 0 unspecified atom stereocenters. The second-order valence-corrected chi connectivity index (χ2v) is 6.90. The summed E-state index contributed by atoms with van der Waals surface area (Å²) in [5, 5.41) is 2.91. The van der Waals surface area contributed by atoms with Gasteiger partial charge in [-0.05, 0) is 38.3 Å². The first kappa shape index (κ1) is 19.0. The number of hydrogen-bond donors (Lipinski definition) is 1. The SMILES string of the molecule is CCCNC(=O)c1cnc(C)nc1C1CCN(C(=O)c2ccccc2)CC1. The quantitative estimate of drug-likeness (QED) is 0.883. The van der Waals surface area contributed by atoms with Gasteiger partial charge in [0, 0.05) is 37.3 Å². The number of piperidine rings is 1. The molecule has 1 fully saturated rings. The van der Waals surface area contributed by atoms with Crippen molar-refractivity contribution < 1.29 is 9.59 Å². The van der Waals surface area contributed by atoms with E-state index in [-0.39, 0.29) is 17.7 Å². The molecule has 0 spiro atoms. The van der Waals surface area contributed by atoms with Crippen LogP contribution in [0.3, 0.4) is 0 Å². The van der Waals surface area contributed by atoms with Crippen LogP contribution >= 0.6 is 0 Å². The van der Waals surface area contributed by atoms with Crippen molar-refractivity contribution >= 4 is 11.8 Å². The second kappa shape index (κ2) is 8.75. The Morgan fingerprint density at radius 1 is 1.19 bits per heavy atom. The van der Waals surface area contributed by atoms with Crippen LogP contribution in [0.5, 0.6) is 0 Å². The molecule has 2 amide bonds. The monoisotopic (exact) mass is 366 g/mol. The molecule has 142 valence electrons. The van der Waals surface area contributed by atoms with Crippen LogP contribution in [0.25, 0.3) is 0 Å². The average Bonchev–Trinajstić information content (AvgIpc) is 2.72. The number of aromatic nitrogens is 2. The Bertz CT molecular complexity index is 799. The van der Waals surface area contributed by atoms with Crippen LogP contribution in [0.15, 0.2) is 36.5 Å². The normalized spacial score (nSPS) is 14.8. The molecule has 1 N–H and O–H groups in total. The molecule has 1 aromatic heterocycles. The van der Waals surface area contributed by atoms with Crippen LogP contribution in [0, 0.1) is 6.92 Å². The van der Waals surface area contributed by atoms with Gasteiger partial charge in [0.2, 0.25) is 0 Å². The predicted octanol–water partition coefficient (Wildman–Crippen LogP) is 2.94. The van der Waals surface area contributed by atoms with Gasteiger partial charge >= 0.3 is 0 Å². The minimum atomic E-state index is -0.116. The van der Waals surface area contributed by atoms with Gasteiger partial charge in [-0.3, -0.25) is 9.59 Å². The molecule has 0 aliphatic carbocycles. The smallest absolute Gasteiger partial charge is 0.254 e. The van der Waals surface area contributed by atoms with Gasteiger partial charge in [-0.2, -0.15) is 0 Å². The summed E-state index contributed by atoms with van der Waals surface area (Å²) in [6.45, 7) is 5.82. The highest BCUT2D eigenvalue weighted by molar-refractivity contribution is 5.95. The maximum atomic E-state index is 12.6. The Kier molecular flexibility index (Phi) is 6.16. The highest BCUT2D eigenvalue weighted by Gasteiger charge is 2.28. The summed E-state index contributed by atoms with van der Waals surface area (Å²) < 4.78 is 0. The lowest BCUT2D eigenvalue weighted by Gasteiger charge is -2.32. The molecule has 27 heavy (non-hydrogen) atoms. The van der Waals surface area contributed by atoms with E-state index in [9.17, 15) is 9.59 Å². The van der Waals surface area contributed by atoms with E-state index in [1.54, 1.807) is 6.20 Å². The number of likely N-dealkylation sites (tertiary alicyclic amines) is 1. The molecule has 2 heterocycles. The Balaban J connectivity index is 1.71. The molecule has 1 aliphatic rings. The lowest BCUT2D eigenvalue weighted by Crippen LogP contribution is -2.38. The zero-order valence-electron chi connectivity index (χ0n) is 15.9. The topological polar surface area (TPSA) is 75.2 Å². The summed E-state index contributed by atoms with van der Waals surface area (Å²) in [7, 11) is 0. The van der Waals surface area contributed by atoms with Crippen molar-refractivity contribution in [1.82, 2.24) is 20.2 Å². The highest BCUT2D eigenvalue weighted by atomic mass is 16.2. The number of amides is 2. The van der Waals surface area contributed by atoms with Crippen LogP contribution in [0.2, 0.25) is 0 Å². The van der Waals surface area contributed by atoms with Crippen LogP contribution in [0.4, 0.5) is 0 Å². The third-order valence-electron chi connectivity index (χ3n) is 4.91. The molecule has 0 saturated carbocycles. The Hall–Kier alpha value is -2.76. The maximum Gasteiger partial charge on any atom is 0.254 e. The number of aryl methyl sites for hydroxylation is 1. The zero-order chi connectivity index (χ0) is 19.2. The summed E-state index contributed by atoms with van der Waals surface area (Å²) in [5.41, 5.74) is 2.08. The Labute approximate surface area is 160 Å². The van der Waals surface area contributed by atoms with Gasteiger partial charge in [-0.25, -0.2) is 9.97 Å². The lowest BCUT2D eigenvalue weighted by molar-refractivity contribution is 0.0710. The molecule has 2 aromatic rings. The lowest BCUT2D eigenvalue weighted by atomic mass is 9.90. The fourth-order valence-electron chi connectivity index (χ4n) is 3.43. The van der Waals surface area contributed by atoms with Crippen molar-refractivity contribution in [3.8, 4) is 0 Å². The fourth-order valence-corrected chi connectivity index (χ4v) is 3.43. The van der Waals surface area contributed by atoms with Gasteiger partial charge in [-0.15, -0.1) is 0 Å². The second-order valence-electron chi connectivity index (χ2n) is 6.90. The molecule has 0 bridgehead atoms. The molecule has 3 rings (SSSR count). The third kappa shape index (κ3) is 4.51. The summed E-state index contributed by atoms with van der Waals surface area (Å²) in [6.07, 6.45) is 4.10. The van der Waals surface area contributed by atoms with E-state index in [0.717, 1.165) is 25.0 Å². The van der Waals surface area contributed by atoms with Crippen LogP contribution in [-0.2, 0) is 0 Å². The van der Waals surface area contributed by atoms with Crippen molar-refractivity contribution in [2.45, 2.75) is 39.0 Å². The van der Waals surface area contributed by atoms with E-state index < -0.39 is 0 Å². The van der Waals surface area contributed by atoms with Crippen molar-refractivity contribution in [2.24, 2.45) is 0 Å². The van der Waals surface area contributed by atoms with Gasteiger partial charge in [0.05, 0.1) is 11.3 Å². The first-order chi connectivity index (χ1) is 13.1. The molecule has 1 aromatic carbocycles. The number of carbonyl (C=O) groups is 2. The number of benzene rings is 1. The molecule has 1 saturated heterocycles. The molecule has 0 radical (unpaired) electrons. The van der Waals surface area contributed by atoms with Gasteiger partial charge in [-0.1, -0.05) is 25.1 Å². The summed E-state index contributed by atoms with van der Waals surface area (Å²) >= 11 is 0. The molecule has 0 atom stereocenters. The number of carbonyl (C=O) groups excluding carboxylic acids is 2. The van der Waals surface area contributed by atoms with Crippen molar-refractivity contribution in [2.75, 3.05) is 19.6 Å². The van der Waals surface area contributed by atoms with Gasteiger partial charge < -0.3 is 10.2 Å². The summed E-state index contributed by atoms with van der Waals surface area (Å²) in [4.78, 5) is 35.8. The van der Waals surface area contributed by atoms with Gasteiger partial charge in [0.1, 0.15) is 5.82 Å². The number of nitrogens with zero attached hydrogens (tertiary/aromatic N) is 3. The molecule has 6 heteroatoms. The Morgan fingerprint density at radius 2 is 1.89 bits per heavy atom. The van der Waals surface area contributed by atoms with E-state index in [0.29, 0.717) is 36.6 Å². The van der Waals surface area contributed by atoms with E-state index >= 15 is 0 Å². The number of hydrogen-bond acceptors (Lipinski definition) is 4. The van der Waals surface area contributed by atoms with E-state index in [1.807, 2.05) is 49.1 Å². The van der Waals surface area contributed by atoms with E-state index in [2.05, 4.69) is 15.3 Å². The van der Waals surface area contributed by atoms with Crippen molar-refractivity contribution in [1.29, 1.82) is 0 Å².